The van der Waals surface area contributed by atoms with Crippen molar-refractivity contribution in [3.05, 3.63) is 0 Å². The first-order chi connectivity index (χ1) is 22.6. The van der Waals surface area contributed by atoms with Gasteiger partial charge in [0, 0.05) is 31.7 Å². The largest absolute Gasteiger partial charge is 0.446 e. The van der Waals surface area contributed by atoms with Crippen LogP contribution in [-0.2, 0) is 18.9 Å². The van der Waals surface area contributed by atoms with Gasteiger partial charge in [0.25, 0.3) is 0 Å². The van der Waals surface area contributed by atoms with E-state index < -0.39 is 17.1 Å². The minimum absolute atomic E-state index is 0.0717. The molecule has 12 unspecified atom stereocenters. The molecule has 48 heavy (non-hydrogen) atoms. The molecule has 12 atom stereocenters. The third kappa shape index (κ3) is 5.22. The average Bonchev–Trinajstić information content (AvgIpc) is 3.67. The molecule has 1 saturated heterocycles. The fourth-order valence-electron chi connectivity index (χ4n) is 13.2. The molecule has 1 amide bonds. The van der Waals surface area contributed by atoms with E-state index in [0.717, 1.165) is 44.9 Å². The van der Waals surface area contributed by atoms with Crippen LogP contribution >= 0.6 is 0 Å². The lowest BCUT2D eigenvalue weighted by Gasteiger charge is -2.60. The Bertz CT molecular complexity index is 1230. The zero-order valence-electron chi connectivity index (χ0n) is 31.2. The molecule has 0 aromatic rings. The van der Waals surface area contributed by atoms with Gasteiger partial charge in [-0.15, -0.1) is 6.42 Å². The third-order valence-corrected chi connectivity index (χ3v) is 15.4. The maximum Gasteiger partial charge on any atom is 0.410 e. The van der Waals surface area contributed by atoms with Crippen molar-refractivity contribution in [2.45, 2.75) is 143 Å². The van der Waals surface area contributed by atoms with E-state index in [-0.39, 0.29) is 57.9 Å². The summed E-state index contributed by atoms with van der Waals surface area (Å²) in [6.45, 7) is 20.3. The molecule has 1 heterocycles. The second-order valence-corrected chi connectivity index (χ2v) is 18.0. The van der Waals surface area contributed by atoms with Crippen LogP contribution in [0.4, 0.5) is 4.79 Å². The number of ether oxygens (including phenoxy) is 4. The lowest BCUT2D eigenvalue weighted by atomic mass is 9.44. The summed E-state index contributed by atoms with van der Waals surface area (Å²) in [6.07, 6.45) is 13.9. The maximum atomic E-state index is 13.2. The number of hydrogen-bond acceptors (Lipinski definition) is 7. The number of carbonyl (C=O) groups excluding carboxylic acids is 1. The Morgan fingerprint density at radius 3 is 2.40 bits per heavy atom. The van der Waals surface area contributed by atoms with Crippen molar-refractivity contribution in [1.82, 2.24) is 4.90 Å². The minimum Gasteiger partial charge on any atom is -0.446 e. The van der Waals surface area contributed by atoms with Crippen LogP contribution < -0.4 is 0 Å². The molecule has 0 radical (unpaired) electrons. The molecule has 6 fully saturated rings. The highest BCUT2D eigenvalue weighted by Gasteiger charge is 2.83. The normalized spacial score (nSPS) is 44.3. The molecule has 5 saturated carbocycles. The Labute approximate surface area is 290 Å². The minimum atomic E-state index is -0.975. The molecule has 1 aliphatic heterocycles. The van der Waals surface area contributed by atoms with E-state index >= 15 is 0 Å². The van der Waals surface area contributed by atoms with Crippen LogP contribution in [0.15, 0.2) is 0 Å². The number of hydrogen-bond donors (Lipinski definition) is 2. The van der Waals surface area contributed by atoms with Gasteiger partial charge in [0.1, 0.15) is 6.10 Å². The Morgan fingerprint density at radius 2 is 1.77 bits per heavy atom. The number of amides is 1. The van der Waals surface area contributed by atoms with Crippen molar-refractivity contribution in [3.8, 4) is 12.3 Å². The van der Waals surface area contributed by atoms with Crippen molar-refractivity contribution < 1.29 is 34.0 Å². The van der Waals surface area contributed by atoms with E-state index in [0.29, 0.717) is 57.8 Å². The fourth-order valence-corrected chi connectivity index (χ4v) is 13.2. The number of fused-ring (bicyclic) bond motifs is 2. The molecule has 6 rings (SSSR count). The molecule has 0 bridgehead atoms. The molecule has 5 aliphatic carbocycles. The van der Waals surface area contributed by atoms with E-state index in [1.807, 2.05) is 27.7 Å². The van der Waals surface area contributed by atoms with E-state index in [1.54, 1.807) is 4.90 Å². The van der Waals surface area contributed by atoms with Crippen molar-refractivity contribution in [2.75, 3.05) is 39.5 Å². The SMILES string of the molecule is C#CC1(CCC(C)C(OCC)C(C)(C)O)C(O)C(OCC)C2C3CCC4C(C)(C)C(OC(=O)N5CCOCC5)CCC45CC35CCC21C. The highest BCUT2D eigenvalue weighted by atomic mass is 16.6. The summed E-state index contributed by atoms with van der Waals surface area (Å²) in [5.74, 6) is 4.46. The molecular formula is C40H65NO7. The highest BCUT2D eigenvalue weighted by Crippen LogP contribution is 2.87. The molecule has 0 aromatic heterocycles. The number of rotatable bonds is 10. The summed E-state index contributed by atoms with van der Waals surface area (Å²) in [5.41, 5.74) is -1.59. The molecule has 2 N–H and O–H groups in total. The summed E-state index contributed by atoms with van der Waals surface area (Å²) < 4.78 is 24.4. The first-order valence-corrected chi connectivity index (χ1v) is 19.2. The number of nitrogens with zero attached hydrogens (tertiary/aromatic N) is 1. The van der Waals surface area contributed by atoms with Gasteiger partial charge in [-0.25, -0.2) is 4.79 Å². The predicted octanol–water partition coefficient (Wildman–Crippen LogP) is 6.45. The van der Waals surface area contributed by atoms with Gasteiger partial charge in [-0.1, -0.05) is 33.6 Å². The van der Waals surface area contributed by atoms with Gasteiger partial charge in [-0.2, -0.15) is 0 Å². The van der Waals surface area contributed by atoms with Crippen molar-refractivity contribution in [3.63, 3.8) is 0 Å². The Hall–Kier alpha value is -1.37. The number of morpholine rings is 1. The maximum absolute atomic E-state index is 13.2. The van der Waals surface area contributed by atoms with Gasteiger partial charge in [0.2, 0.25) is 0 Å². The van der Waals surface area contributed by atoms with Gasteiger partial charge >= 0.3 is 6.09 Å². The predicted molar refractivity (Wildman–Crippen MR) is 185 cm³/mol. The van der Waals surface area contributed by atoms with E-state index in [1.165, 1.54) is 6.42 Å². The topological polar surface area (TPSA) is 97.7 Å². The Balaban J connectivity index is 1.25. The van der Waals surface area contributed by atoms with E-state index in [4.69, 9.17) is 25.4 Å². The first-order valence-electron chi connectivity index (χ1n) is 19.2. The van der Waals surface area contributed by atoms with Gasteiger partial charge in [0.05, 0.1) is 42.5 Å². The molecule has 0 aromatic carbocycles. The number of carbonyl (C=O) groups is 1. The lowest BCUT2D eigenvalue weighted by Crippen LogP contribution is -2.57. The lowest BCUT2D eigenvalue weighted by molar-refractivity contribution is -0.153. The monoisotopic (exact) mass is 671 g/mol. The summed E-state index contributed by atoms with van der Waals surface area (Å²) >= 11 is 0. The van der Waals surface area contributed by atoms with Crippen molar-refractivity contribution >= 4 is 6.09 Å². The summed E-state index contributed by atoms with van der Waals surface area (Å²) in [7, 11) is 0. The van der Waals surface area contributed by atoms with Crippen LogP contribution in [0.2, 0.25) is 0 Å². The standard InChI is InChI=1S/C40H65NO7/c1-10-38(17-15-26(4)33(47-12-3)36(7,8)44)32(42)31(46-11-2)30-27-13-14-28-35(5,6)29(48-34(43)41-21-23-45-24-22-41)16-18-40(28)25-39(27,40)20-19-37(30,38)9/h1,26-33,42,44H,11-25H2,2-9H3. The summed E-state index contributed by atoms with van der Waals surface area (Å²) in [6, 6.07) is 0. The smallest absolute Gasteiger partial charge is 0.410 e. The Morgan fingerprint density at radius 1 is 1.06 bits per heavy atom. The molecule has 8 nitrogen and oxygen atoms in total. The third-order valence-electron chi connectivity index (χ3n) is 15.4. The van der Waals surface area contributed by atoms with Crippen LogP contribution in [0.1, 0.15) is 113 Å². The van der Waals surface area contributed by atoms with Crippen LogP contribution in [0.5, 0.6) is 0 Å². The number of aliphatic hydroxyl groups excluding tert-OH is 1. The van der Waals surface area contributed by atoms with E-state index in [9.17, 15) is 15.0 Å². The number of terminal acetylenes is 1. The van der Waals surface area contributed by atoms with Crippen LogP contribution in [0.3, 0.4) is 0 Å². The van der Waals surface area contributed by atoms with Crippen LogP contribution in [0, 0.1) is 63.1 Å². The van der Waals surface area contributed by atoms with Gasteiger partial charge in [-0.05, 0) is 125 Å². The summed E-state index contributed by atoms with van der Waals surface area (Å²) in [4.78, 5) is 15.0. The highest BCUT2D eigenvalue weighted by molar-refractivity contribution is 5.68. The van der Waals surface area contributed by atoms with Crippen LogP contribution in [0.25, 0.3) is 0 Å². The molecular weight excluding hydrogens is 606 g/mol. The summed E-state index contributed by atoms with van der Waals surface area (Å²) in [5, 5.41) is 23.3. The van der Waals surface area contributed by atoms with Gasteiger partial charge in [0.15, 0.2) is 0 Å². The van der Waals surface area contributed by atoms with Crippen molar-refractivity contribution in [2.24, 2.45) is 50.7 Å². The van der Waals surface area contributed by atoms with Gasteiger partial charge < -0.3 is 34.1 Å². The quantitative estimate of drug-likeness (QED) is 0.258. The fraction of sp³-hybridized carbons (Fsp3) is 0.925. The van der Waals surface area contributed by atoms with Crippen LogP contribution in [-0.4, -0.2) is 90.7 Å². The number of aliphatic hydroxyl groups is 2. The molecule has 272 valence electrons. The zero-order valence-corrected chi connectivity index (χ0v) is 31.2. The molecule has 2 spiro atoms. The van der Waals surface area contributed by atoms with Gasteiger partial charge in [-0.3, -0.25) is 0 Å². The molecule has 6 aliphatic rings. The Kier molecular flexibility index (Phi) is 9.63. The zero-order chi connectivity index (χ0) is 34.9. The molecule has 8 heteroatoms. The first kappa shape index (κ1) is 36.4. The van der Waals surface area contributed by atoms with Crippen molar-refractivity contribution in [1.29, 1.82) is 0 Å². The second-order valence-electron chi connectivity index (χ2n) is 18.0. The second kappa shape index (κ2) is 12.7. The average molecular weight is 672 g/mol. The van der Waals surface area contributed by atoms with E-state index in [2.05, 4.69) is 33.6 Å².